The minimum absolute atomic E-state index is 0.0501. The number of hydrogen-bond acceptors (Lipinski definition) is 4. The molecular formula is C23H31N5O. The number of nitrogens with zero attached hydrogens (tertiary/aromatic N) is 3. The van der Waals surface area contributed by atoms with Crippen LogP contribution in [0.25, 0.3) is 11.0 Å². The molecule has 0 amide bonds. The fraction of sp³-hybridized carbons (Fsp3) is 0.478. The van der Waals surface area contributed by atoms with Gasteiger partial charge >= 0.3 is 0 Å². The van der Waals surface area contributed by atoms with E-state index < -0.39 is 0 Å². The van der Waals surface area contributed by atoms with E-state index in [0.717, 1.165) is 25.9 Å². The summed E-state index contributed by atoms with van der Waals surface area (Å²) < 4.78 is 1.60. The van der Waals surface area contributed by atoms with Crippen molar-refractivity contribution in [2.45, 2.75) is 44.6 Å². The van der Waals surface area contributed by atoms with E-state index in [0.29, 0.717) is 22.9 Å². The lowest BCUT2D eigenvalue weighted by atomic mass is 9.87. The third-order valence-corrected chi connectivity index (χ3v) is 6.02. The second-order valence-electron chi connectivity index (χ2n) is 8.38. The Balaban J connectivity index is 1.51. The van der Waals surface area contributed by atoms with Gasteiger partial charge in [-0.2, -0.15) is 0 Å². The monoisotopic (exact) mass is 393 g/mol. The van der Waals surface area contributed by atoms with Crippen molar-refractivity contribution in [1.29, 1.82) is 0 Å². The van der Waals surface area contributed by atoms with E-state index in [2.05, 4.69) is 58.4 Å². The van der Waals surface area contributed by atoms with Crippen LogP contribution in [0.2, 0.25) is 0 Å². The van der Waals surface area contributed by atoms with E-state index in [4.69, 9.17) is 0 Å². The lowest BCUT2D eigenvalue weighted by Crippen LogP contribution is -2.44. The molecule has 2 atom stereocenters. The van der Waals surface area contributed by atoms with E-state index in [9.17, 15) is 4.79 Å². The Morgan fingerprint density at radius 1 is 1.17 bits per heavy atom. The highest BCUT2D eigenvalue weighted by Crippen LogP contribution is 2.28. The van der Waals surface area contributed by atoms with Crippen molar-refractivity contribution in [2.75, 3.05) is 25.5 Å². The van der Waals surface area contributed by atoms with E-state index in [1.807, 2.05) is 6.07 Å². The number of unbranched alkanes of at least 4 members (excludes halogenated alkanes) is 1. The fourth-order valence-electron chi connectivity index (χ4n) is 4.39. The van der Waals surface area contributed by atoms with Crippen LogP contribution in [0.15, 0.2) is 41.3 Å². The summed E-state index contributed by atoms with van der Waals surface area (Å²) in [5, 5.41) is 3.54. The van der Waals surface area contributed by atoms with Crippen molar-refractivity contribution in [3.05, 3.63) is 58.0 Å². The summed E-state index contributed by atoms with van der Waals surface area (Å²) >= 11 is 0. The third kappa shape index (κ3) is 4.22. The molecule has 0 radical (unpaired) electrons. The van der Waals surface area contributed by atoms with Gasteiger partial charge in [-0.05, 0) is 49.4 Å². The van der Waals surface area contributed by atoms with Crippen molar-refractivity contribution in [3.63, 3.8) is 0 Å². The molecule has 4 rings (SSSR count). The summed E-state index contributed by atoms with van der Waals surface area (Å²) in [6, 6.07) is 11.3. The van der Waals surface area contributed by atoms with Crippen LogP contribution in [0.4, 0.5) is 5.95 Å². The first-order valence-corrected chi connectivity index (χ1v) is 10.6. The number of H-pyrrole nitrogens is 1. The summed E-state index contributed by atoms with van der Waals surface area (Å²) in [6.45, 7) is 4.22. The molecular weight excluding hydrogens is 362 g/mol. The molecule has 3 aromatic rings. The molecule has 154 valence electrons. The summed E-state index contributed by atoms with van der Waals surface area (Å²) in [5.41, 5.74) is 4.03. The molecule has 1 saturated heterocycles. The SMILES string of the molecule is CCCCc1ccc([C@H]2C[C@@H](Nc3nc4cc[nH]c4c(=O)n3C)CN(C)C2)cc1. The van der Waals surface area contributed by atoms with Gasteiger partial charge in [0, 0.05) is 32.4 Å². The second kappa shape index (κ2) is 8.41. The van der Waals surface area contributed by atoms with Crippen molar-refractivity contribution < 1.29 is 0 Å². The lowest BCUT2D eigenvalue weighted by molar-refractivity contribution is 0.235. The van der Waals surface area contributed by atoms with Crippen LogP contribution in [-0.2, 0) is 13.5 Å². The van der Waals surface area contributed by atoms with Crippen LogP contribution in [-0.4, -0.2) is 45.6 Å². The van der Waals surface area contributed by atoms with Crippen LogP contribution >= 0.6 is 0 Å². The molecule has 1 aliphatic rings. The molecule has 0 spiro atoms. The number of rotatable bonds is 6. The first kappa shape index (κ1) is 19.7. The van der Waals surface area contributed by atoms with Gasteiger partial charge in [0.25, 0.3) is 5.56 Å². The molecule has 1 fully saturated rings. The van der Waals surface area contributed by atoms with E-state index in [1.54, 1.807) is 17.8 Å². The largest absolute Gasteiger partial charge is 0.355 e. The van der Waals surface area contributed by atoms with Crippen LogP contribution in [0.3, 0.4) is 0 Å². The van der Waals surface area contributed by atoms with Crippen LogP contribution in [0.5, 0.6) is 0 Å². The Labute approximate surface area is 172 Å². The molecule has 2 N–H and O–H groups in total. The Bertz CT molecular complexity index is 1020. The minimum Gasteiger partial charge on any atom is -0.355 e. The first-order chi connectivity index (χ1) is 14.0. The molecule has 29 heavy (non-hydrogen) atoms. The Morgan fingerprint density at radius 2 is 1.97 bits per heavy atom. The number of nitrogens with one attached hydrogen (secondary N) is 2. The standard InChI is InChI=1S/C23H31N5O/c1-4-5-6-16-7-9-17(10-8-16)18-13-19(15-27(2)14-18)25-23-26-20-11-12-24-21(20)22(29)28(23)3/h7-12,18-19,24H,4-6,13-15H2,1-3H3,(H,25,26)/t18-,19+/m0/s1. The van der Waals surface area contributed by atoms with E-state index in [-0.39, 0.29) is 11.6 Å². The highest BCUT2D eigenvalue weighted by Gasteiger charge is 2.27. The molecule has 3 heterocycles. The maximum absolute atomic E-state index is 12.6. The Morgan fingerprint density at radius 3 is 2.72 bits per heavy atom. The van der Waals surface area contributed by atoms with Crippen LogP contribution < -0.4 is 10.9 Å². The zero-order valence-corrected chi connectivity index (χ0v) is 17.6. The highest BCUT2D eigenvalue weighted by atomic mass is 16.1. The normalized spacial score (nSPS) is 20.2. The van der Waals surface area contributed by atoms with Crippen molar-refractivity contribution in [3.8, 4) is 0 Å². The van der Waals surface area contributed by atoms with E-state index >= 15 is 0 Å². The smallest absolute Gasteiger partial charge is 0.278 e. The number of aromatic amines is 1. The number of likely N-dealkylation sites (N-methyl/N-ethyl adjacent to an activating group) is 1. The average Bonchev–Trinajstić information content (AvgIpc) is 3.19. The zero-order valence-electron chi connectivity index (χ0n) is 17.6. The molecule has 0 saturated carbocycles. The van der Waals surface area contributed by atoms with Gasteiger partial charge in [0.05, 0.1) is 5.52 Å². The van der Waals surface area contributed by atoms with Gasteiger partial charge in [0.1, 0.15) is 5.52 Å². The average molecular weight is 394 g/mol. The molecule has 0 aliphatic carbocycles. The summed E-state index contributed by atoms with van der Waals surface area (Å²) in [4.78, 5) is 22.6. The number of fused-ring (bicyclic) bond motifs is 1. The van der Waals surface area contributed by atoms with Gasteiger partial charge in [-0.15, -0.1) is 0 Å². The Hall–Kier alpha value is -2.60. The second-order valence-corrected chi connectivity index (χ2v) is 8.38. The predicted octanol–water partition coefficient (Wildman–Crippen LogP) is 3.50. The molecule has 6 heteroatoms. The number of likely N-dealkylation sites (tertiary alicyclic amines) is 1. The minimum atomic E-state index is -0.0501. The topological polar surface area (TPSA) is 66.0 Å². The van der Waals surface area contributed by atoms with Gasteiger partial charge in [-0.25, -0.2) is 4.98 Å². The molecule has 0 unspecified atom stereocenters. The number of hydrogen-bond donors (Lipinski definition) is 2. The number of anilines is 1. The maximum atomic E-state index is 12.6. The molecule has 1 aliphatic heterocycles. The van der Waals surface area contributed by atoms with Crippen LogP contribution in [0.1, 0.15) is 43.2 Å². The predicted molar refractivity (Wildman–Crippen MR) is 119 cm³/mol. The number of benzene rings is 1. The summed E-state index contributed by atoms with van der Waals surface area (Å²) in [7, 11) is 3.94. The summed E-state index contributed by atoms with van der Waals surface area (Å²) in [5.74, 6) is 1.11. The van der Waals surface area contributed by atoms with Gasteiger partial charge in [0.2, 0.25) is 5.95 Å². The van der Waals surface area contributed by atoms with Crippen LogP contribution in [0, 0.1) is 0 Å². The Kier molecular flexibility index (Phi) is 5.72. The fourth-order valence-corrected chi connectivity index (χ4v) is 4.39. The van der Waals surface area contributed by atoms with Gasteiger partial charge in [-0.3, -0.25) is 9.36 Å². The molecule has 2 aromatic heterocycles. The number of aryl methyl sites for hydroxylation is 1. The van der Waals surface area contributed by atoms with Crippen molar-refractivity contribution in [1.82, 2.24) is 19.4 Å². The molecule has 1 aromatic carbocycles. The molecule has 0 bridgehead atoms. The zero-order chi connectivity index (χ0) is 20.4. The number of aromatic nitrogens is 3. The van der Waals surface area contributed by atoms with Gasteiger partial charge < -0.3 is 15.2 Å². The van der Waals surface area contributed by atoms with Gasteiger partial charge in [0.15, 0.2) is 0 Å². The van der Waals surface area contributed by atoms with Gasteiger partial charge in [-0.1, -0.05) is 37.6 Å². The van der Waals surface area contributed by atoms with E-state index in [1.165, 1.54) is 24.0 Å². The molecule has 6 nitrogen and oxygen atoms in total. The summed E-state index contributed by atoms with van der Waals surface area (Å²) in [6.07, 6.45) is 6.42. The van der Waals surface area contributed by atoms with Crippen molar-refractivity contribution in [2.24, 2.45) is 7.05 Å². The maximum Gasteiger partial charge on any atom is 0.278 e. The van der Waals surface area contributed by atoms with Crippen molar-refractivity contribution >= 4 is 17.0 Å². The quantitative estimate of drug-likeness (QED) is 0.673. The lowest BCUT2D eigenvalue weighted by Gasteiger charge is -2.36. The highest BCUT2D eigenvalue weighted by molar-refractivity contribution is 5.75. The third-order valence-electron chi connectivity index (χ3n) is 6.02. The number of piperidine rings is 1. The first-order valence-electron chi connectivity index (χ1n) is 10.6.